The Morgan fingerprint density at radius 2 is 2.05 bits per heavy atom. The molecule has 0 aromatic heterocycles. The number of benzene rings is 1. The zero-order chi connectivity index (χ0) is 16.2. The molecule has 0 heterocycles. The van der Waals surface area contributed by atoms with E-state index >= 15 is 0 Å². The van der Waals surface area contributed by atoms with Crippen molar-refractivity contribution < 1.29 is 21.9 Å². The maximum atomic E-state index is 13.4. The fourth-order valence-corrected chi connectivity index (χ4v) is 3.61. The molecule has 0 aliphatic heterocycles. The summed E-state index contributed by atoms with van der Waals surface area (Å²) < 4.78 is 50.9. The molecule has 0 saturated heterocycles. The van der Waals surface area contributed by atoms with Crippen LogP contribution in [0.4, 0.5) is 10.1 Å². The molecule has 0 radical (unpaired) electrons. The van der Waals surface area contributed by atoms with Crippen LogP contribution in [0.1, 0.15) is 12.5 Å². The van der Waals surface area contributed by atoms with E-state index in [1.807, 2.05) is 0 Å². The number of hydrogen-bond donors (Lipinski definition) is 1. The van der Waals surface area contributed by atoms with Gasteiger partial charge in [0.15, 0.2) is 0 Å². The van der Waals surface area contributed by atoms with Crippen molar-refractivity contribution in [2.24, 2.45) is 0 Å². The lowest BCUT2D eigenvalue weighted by atomic mass is 10.2. The van der Waals surface area contributed by atoms with Crippen LogP contribution in [-0.4, -0.2) is 35.6 Å². The molecular weight excluding hydrogens is 323 g/mol. The van der Waals surface area contributed by atoms with Gasteiger partial charge in [0.25, 0.3) is 0 Å². The van der Waals surface area contributed by atoms with Crippen molar-refractivity contribution in [2.75, 3.05) is 18.1 Å². The number of nitro groups is 1. The summed E-state index contributed by atoms with van der Waals surface area (Å²) in [5, 5.41) is 10.7. The van der Waals surface area contributed by atoms with Gasteiger partial charge in [0.05, 0.1) is 9.82 Å². The highest BCUT2D eigenvalue weighted by atomic mass is 32.2. The lowest BCUT2D eigenvalue weighted by Gasteiger charge is -2.09. The maximum absolute atomic E-state index is 13.4. The molecule has 1 rings (SSSR count). The minimum Gasteiger partial charge on any atom is -0.260 e. The molecule has 1 unspecified atom stereocenters. The van der Waals surface area contributed by atoms with Gasteiger partial charge in [-0.1, -0.05) is 6.92 Å². The number of sulfonamides is 1. The van der Waals surface area contributed by atoms with E-state index in [1.165, 1.54) is 6.92 Å². The third-order valence-corrected chi connectivity index (χ3v) is 5.58. The summed E-state index contributed by atoms with van der Waals surface area (Å²) in [5.74, 6) is -0.551. The summed E-state index contributed by atoms with van der Waals surface area (Å²) in [4.78, 5) is 9.32. The van der Waals surface area contributed by atoms with Crippen LogP contribution < -0.4 is 4.72 Å². The van der Waals surface area contributed by atoms with Gasteiger partial charge in [-0.15, -0.1) is 0 Å². The third-order valence-electron chi connectivity index (χ3n) is 2.67. The van der Waals surface area contributed by atoms with Crippen molar-refractivity contribution in [3.05, 3.63) is 33.6 Å². The Hall–Kier alpha value is -1.39. The van der Waals surface area contributed by atoms with Gasteiger partial charge in [-0.05, 0) is 18.6 Å². The minimum absolute atomic E-state index is 0.0576. The Balaban J connectivity index is 3.05. The fraction of sp³-hybridized carbons (Fsp3) is 0.455. The van der Waals surface area contributed by atoms with E-state index in [0.29, 0.717) is 11.8 Å². The van der Waals surface area contributed by atoms with Gasteiger partial charge in [-0.2, -0.15) is 4.39 Å². The molecule has 0 bridgehead atoms. The van der Waals surface area contributed by atoms with Gasteiger partial charge in [-0.3, -0.25) is 14.3 Å². The molecule has 10 heteroatoms. The molecule has 7 nitrogen and oxygen atoms in total. The third kappa shape index (κ3) is 4.55. The summed E-state index contributed by atoms with van der Waals surface area (Å²) >= 11 is 0. The summed E-state index contributed by atoms with van der Waals surface area (Å²) in [6.07, 6.45) is 0. The van der Waals surface area contributed by atoms with Gasteiger partial charge in [-0.25, -0.2) is 13.1 Å². The lowest BCUT2D eigenvalue weighted by molar-refractivity contribution is -0.387. The molecule has 118 valence electrons. The van der Waals surface area contributed by atoms with Crippen LogP contribution in [0.2, 0.25) is 0 Å². The van der Waals surface area contributed by atoms with Crippen molar-refractivity contribution in [1.29, 1.82) is 0 Å². The van der Waals surface area contributed by atoms with Crippen molar-refractivity contribution in [2.45, 2.75) is 18.7 Å². The molecule has 0 spiro atoms. The average Bonchev–Trinajstić information content (AvgIpc) is 2.37. The minimum atomic E-state index is -4.02. The Morgan fingerprint density at radius 1 is 1.43 bits per heavy atom. The second kappa shape index (κ2) is 7.05. The highest BCUT2D eigenvalue weighted by molar-refractivity contribution is 7.89. The van der Waals surface area contributed by atoms with E-state index in [-0.39, 0.29) is 22.8 Å². The molecular formula is C11H15FN2O5S2. The molecule has 0 aliphatic carbocycles. The number of rotatable bonds is 7. The zero-order valence-electron chi connectivity index (χ0n) is 11.5. The molecule has 0 fully saturated rings. The monoisotopic (exact) mass is 338 g/mol. The van der Waals surface area contributed by atoms with Crippen molar-refractivity contribution >= 4 is 26.5 Å². The Bertz CT molecular complexity index is 675. The summed E-state index contributed by atoms with van der Waals surface area (Å²) in [6, 6.07) is 1.49. The van der Waals surface area contributed by atoms with Gasteiger partial charge in [0.1, 0.15) is 0 Å². The zero-order valence-corrected chi connectivity index (χ0v) is 13.1. The summed E-state index contributed by atoms with van der Waals surface area (Å²) in [5.41, 5.74) is -0.847. The van der Waals surface area contributed by atoms with Crippen LogP contribution in [0, 0.1) is 22.9 Å². The molecule has 0 saturated carbocycles. The molecule has 1 N–H and O–H groups in total. The Labute approximate surface area is 124 Å². The van der Waals surface area contributed by atoms with Crippen LogP contribution in [0.25, 0.3) is 0 Å². The number of halogens is 1. The topological polar surface area (TPSA) is 106 Å². The molecule has 0 aliphatic rings. The van der Waals surface area contributed by atoms with Crippen LogP contribution in [-0.2, 0) is 20.8 Å². The Kier molecular flexibility index (Phi) is 5.93. The predicted molar refractivity (Wildman–Crippen MR) is 76.5 cm³/mol. The second-order valence-electron chi connectivity index (χ2n) is 4.16. The number of nitrogens with zero attached hydrogens (tertiary/aromatic N) is 1. The normalized spacial score (nSPS) is 13.1. The van der Waals surface area contributed by atoms with Crippen molar-refractivity contribution in [1.82, 2.24) is 4.72 Å². The van der Waals surface area contributed by atoms with E-state index in [2.05, 4.69) is 4.72 Å². The first-order chi connectivity index (χ1) is 9.69. The molecule has 0 amide bonds. The number of hydrogen-bond acceptors (Lipinski definition) is 5. The second-order valence-corrected chi connectivity index (χ2v) is 7.76. The van der Waals surface area contributed by atoms with Gasteiger partial charge in [0.2, 0.25) is 15.8 Å². The molecule has 1 aromatic rings. The first-order valence-corrected chi connectivity index (χ1v) is 8.95. The van der Waals surface area contributed by atoms with E-state index in [9.17, 15) is 27.1 Å². The highest BCUT2D eigenvalue weighted by Gasteiger charge is 2.24. The lowest BCUT2D eigenvalue weighted by Crippen LogP contribution is -2.28. The first-order valence-electron chi connectivity index (χ1n) is 5.98. The maximum Gasteiger partial charge on any atom is 0.306 e. The first kappa shape index (κ1) is 17.7. The van der Waals surface area contributed by atoms with E-state index in [4.69, 9.17) is 0 Å². The fourth-order valence-electron chi connectivity index (χ4n) is 1.58. The van der Waals surface area contributed by atoms with Gasteiger partial charge >= 0.3 is 5.69 Å². The number of nitro benzene ring substituents is 1. The van der Waals surface area contributed by atoms with Crippen LogP contribution in [0.5, 0.6) is 0 Å². The predicted octanol–water partition coefficient (Wildman–Crippen LogP) is 1.09. The van der Waals surface area contributed by atoms with Crippen LogP contribution in [0.3, 0.4) is 0 Å². The standard InChI is InChI=1S/C11H15FN2O5S2/c1-3-20(17)5-4-13-21(18,19)11-7-10(14(15)16)9(12)6-8(11)2/h6-7,13H,3-5H2,1-2H3. The number of nitrogens with one attached hydrogen (secondary N) is 1. The van der Waals surface area contributed by atoms with E-state index in [0.717, 1.165) is 6.07 Å². The SMILES string of the molecule is CCS(=O)CCNS(=O)(=O)c1cc([N+](=O)[O-])c(F)cc1C. The largest absolute Gasteiger partial charge is 0.306 e. The summed E-state index contributed by atoms with van der Waals surface area (Å²) in [7, 11) is -5.16. The Morgan fingerprint density at radius 3 is 2.57 bits per heavy atom. The highest BCUT2D eigenvalue weighted by Crippen LogP contribution is 2.25. The van der Waals surface area contributed by atoms with Gasteiger partial charge < -0.3 is 0 Å². The van der Waals surface area contributed by atoms with Crippen molar-refractivity contribution in [3.8, 4) is 0 Å². The number of aryl methyl sites for hydroxylation is 1. The smallest absolute Gasteiger partial charge is 0.260 e. The quantitative estimate of drug-likeness (QED) is 0.591. The van der Waals surface area contributed by atoms with Crippen LogP contribution in [0.15, 0.2) is 17.0 Å². The summed E-state index contributed by atoms with van der Waals surface area (Å²) in [6.45, 7) is 2.98. The average molecular weight is 338 g/mol. The molecule has 1 aromatic carbocycles. The van der Waals surface area contributed by atoms with E-state index < -0.39 is 37.3 Å². The van der Waals surface area contributed by atoms with Crippen molar-refractivity contribution in [3.63, 3.8) is 0 Å². The molecule has 21 heavy (non-hydrogen) atoms. The van der Waals surface area contributed by atoms with Crippen LogP contribution >= 0.6 is 0 Å². The molecule has 1 atom stereocenters. The van der Waals surface area contributed by atoms with E-state index in [1.54, 1.807) is 6.92 Å². The van der Waals surface area contributed by atoms with Gasteiger partial charge in [0, 0.05) is 34.9 Å².